The van der Waals surface area contributed by atoms with Crippen molar-refractivity contribution in [2.45, 2.75) is 33.3 Å². The molecule has 1 aromatic heterocycles. The van der Waals surface area contributed by atoms with Crippen molar-refractivity contribution in [1.29, 1.82) is 0 Å². The van der Waals surface area contributed by atoms with Gasteiger partial charge in [0.2, 0.25) is 0 Å². The maximum absolute atomic E-state index is 11.9. The minimum Gasteiger partial charge on any atom is -0.497 e. The van der Waals surface area contributed by atoms with Gasteiger partial charge >= 0.3 is 5.63 Å². The molecule has 1 heterocycles. The Morgan fingerprint density at radius 3 is 2.52 bits per heavy atom. The van der Waals surface area contributed by atoms with E-state index in [2.05, 4.69) is 6.92 Å². The monoisotopic (exact) mass is 338 g/mol. The van der Waals surface area contributed by atoms with Gasteiger partial charge in [0.15, 0.2) is 0 Å². The van der Waals surface area contributed by atoms with Gasteiger partial charge in [0.05, 0.1) is 7.11 Å². The van der Waals surface area contributed by atoms with Crippen LogP contribution in [0.1, 0.15) is 30.0 Å². The second-order valence-corrected chi connectivity index (χ2v) is 6.04. The van der Waals surface area contributed by atoms with Crippen molar-refractivity contribution in [2.24, 2.45) is 0 Å². The quantitative estimate of drug-likeness (QED) is 0.614. The molecule has 0 atom stereocenters. The standard InChI is InChI=1S/C21H22O4/c1-4-5-16-12-20(22)25-21-14(2)19(11-10-18(16)21)24-13-15-6-8-17(23-3)9-7-15/h6-12H,4-5,13H2,1-3H3. The van der Waals surface area contributed by atoms with Crippen LogP contribution in [0.25, 0.3) is 11.0 Å². The van der Waals surface area contributed by atoms with Gasteiger partial charge < -0.3 is 13.9 Å². The molecule has 0 saturated carbocycles. The first-order valence-electron chi connectivity index (χ1n) is 8.44. The Hall–Kier alpha value is -2.75. The first-order valence-corrected chi connectivity index (χ1v) is 8.44. The van der Waals surface area contributed by atoms with E-state index in [0.717, 1.165) is 46.4 Å². The summed E-state index contributed by atoms with van der Waals surface area (Å²) >= 11 is 0. The summed E-state index contributed by atoms with van der Waals surface area (Å²) in [7, 11) is 1.64. The van der Waals surface area contributed by atoms with Gasteiger partial charge in [-0.1, -0.05) is 25.5 Å². The number of hydrogen-bond donors (Lipinski definition) is 0. The largest absolute Gasteiger partial charge is 0.497 e. The summed E-state index contributed by atoms with van der Waals surface area (Å²) in [5, 5.41) is 0.982. The summed E-state index contributed by atoms with van der Waals surface area (Å²) in [5.41, 5.74) is 3.22. The van der Waals surface area contributed by atoms with Gasteiger partial charge in [-0.2, -0.15) is 0 Å². The predicted molar refractivity (Wildman–Crippen MR) is 98.5 cm³/mol. The molecule has 2 aromatic carbocycles. The SMILES string of the molecule is CCCc1cc(=O)oc2c(C)c(OCc3ccc(OC)cc3)ccc12. The highest BCUT2D eigenvalue weighted by Crippen LogP contribution is 2.29. The van der Waals surface area contributed by atoms with Gasteiger partial charge in [0.1, 0.15) is 23.7 Å². The van der Waals surface area contributed by atoms with Crippen molar-refractivity contribution >= 4 is 11.0 Å². The smallest absolute Gasteiger partial charge is 0.336 e. The lowest BCUT2D eigenvalue weighted by molar-refractivity contribution is 0.303. The lowest BCUT2D eigenvalue weighted by Crippen LogP contribution is -2.03. The molecule has 4 nitrogen and oxygen atoms in total. The molecule has 0 fully saturated rings. The fourth-order valence-electron chi connectivity index (χ4n) is 2.92. The van der Waals surface area contributed by atoms with E-state index in [4.69, 9.17) is 13.9 Å². The third-order valence-electron chi connectivity index (χ3n) is 4.27. The summed E-state index contributed by atoms with van der Waals surface area (Å²) in [4.78, 5) is 11.9. The van der Waals surface area contributed by atoms with E-state index in [1.807, 2.05) is 43.3 Å². The van der Waals surface area contributed by atoms with E-state index in [9.17, 15) is 4.79 Å². The second-order valence-electron chi connectivity index (χ2n) is 6.04. The number of ether oxygens (including phenoxy) is 2. The Bertz CT molecular complexity index is 923. The molecule has 3 aromatic rings. The highest BCUT2D eigenvalue weighted by atomic mass is 16.5. The average Bonchev–Trinajstić information content (AvgIpc) is 2.62. The number of methoxy groups -OCH3 is 1. The molecule has 0 aliphatic rings. The van der Waals surface area contributed by atoms with Gasteiger partial charge in [-0.25, -0.2) is 4.79 Å². The zero-order valence-corrected chi connectivity index (χ0v) is 14.8. The molecule has 0 aliphatic carbocycles. The first kappa shape index (κ1) is 17.1. The number of rotatable bonds is 6. The van der Waals surface area contributed by atoms with Crippen molar-refractivity contribution in [3.63, 3.8) is 0 Å². The maximum Gasteiger partial charge on any atom is 0.336 e. The van der Waals surface area contributed by atoms with Crippen LogP contribution in [0.15, 0.2) is 51.7 Å². The summed E-state index contributed by atoms with van der Waals surface area (Å²) in [5.74, 6) is 1.54. The van der Waals surface area contributed by atoms with Crippen molar-refractivity contribution < 1.29 is 13.9 Å². The van der Waals surface area contributed by atoms with Gasteiger partial charge in [0.25, 0.3) is 0 Å². The van der Waals surface area contributed by atoms with Crippen molar-refractivity contribution in [1.82, 2.24) is 0 Å². The Balaban J connectivity index is 1.89. The van der Waals surface area contributed by atoms with E-state index >= 15 is 0 Å². The Kier molecular flexibility index (Phi) is 5.08. The summed E-state index contributed by atoms with van der Waals surface area (Å²) in [6.07, 6.45) is 1.83. The average molecular weight is 338 g/mol. The van der Waals surface area contributed by atoms with Crippen LogP contribution in [0.2, 0.25) is 0 Å². The molecule has 0 saturated heterocycles. The number of fused-ring (bicyclic) bond motifs is 1. The maximum atomic E-state index is 11.9. The molecule has 130 valence electrons. The van der Waals surface area contributed by atoms with Crippen LogP contribution in [-0.4, -0.2) is 7.11 Å². The van der Waals surface area contributed by atoms with Gasteiger partial charge in [-0.3, -0.25) is 0 Å². The van der Waals surface area contributed by atoms with Gasteiger partial charge in [-0.05, 0) is 48.7 Å². The summed E-state index contributed by atoms with van der Waals surface area (Å²) in [6.45, 7) is 4.46. The van der Waals surface area contributed by atoms with Crippen LogP contribution < -0.4 is 15.1 Å². The Labute approximate surface area is 147 Å². The van der Waals surface area contributed by atoms with Crippen LogP contribution in [-0.2, 0) is 13.0 Å². The normalized spacial score (nSPS) is 10.8. The molecular formula is C21H22O4. The van der Waals surface area contributed by atoms with E-state index in [0.29, 0.717) is 12.2 Å². The van der Waals surface area contributed by atoms with E-state index < -0.39 is 0 Å². The third kappa shape index (κ3) is 3.68. The highest BCUT2D eigenvalue weighted by Gasteiger charge is 2.11. The first-order chi connectivity index (χ1) is 12.1. The molecule has 0 N–H and O–H groups in total. The highest BCUT2D eigenvalue weighted by molar-refractivity contribution is 5.84. The van der Waals surface area contributed by atoms with Gasteiger partial charge in [0, 0.05) is 17.0 Å². The van der Waals surface area contributed by atoms with Crippen LogP contribution in [0.4, 0.5) is 0 Å². The Morgan fingerprint density at radius 2 is 1.84 bits per heavy atom. The number of benzene rings is 2. The van der Waals surface area contributed by atoms with Crippen LogP contribution >= 0.6 is 0 Å². The Morgan fingerprint density at radius 1 is 1.08 bits per heavy atom. The molecule has 0 amide bonds. The van der Waals surface area contributed by atoms with Crippen molar-refractivity contribution in [2.75, 3.05) is 7.11 Å². The molecule has 0 bridgehead atoms. The second kappa shape index (κ2) is 7.43. The van der Waals surface area contributed by atoms with Crippen molar-refractivity contribution in [3.8, 4) is 11.5 Å². The third-order valence-corrected chi connectivity index (χ3v) is 4.27. The number of hydrogen-bond acceptors (Lipinski definition) is 4. The molecule has 25 heavy (non-hydrogen) atoms. The van der Waals surface area contributed by atoms with Crippen LogP contribution in [0, 0.1) is 6.92 Å². The van der Waals surface area contributed by atoms with Crippen LogP contribution in [0.5, 0.6) is 11.5 Å². The molecule has 0 spiro atoms. The predicted octanol–water partition coefficient (Wildman–Crippen LogP) is 4.64. The van der Waals surface area contributed by atoms with Gasteiger partial charge in [-0.15, -0.1) is 0 Å². The van der Waals surface area contributed by atoms with E-state index in [1.165, 1.54) is 0 Å². The molecule has 3 rings (SSSR count). The minimum atomic E-state index is -0.314. The lowest BCUT2D eigenvalue weighted by Gasteiger charge is -2.12. The topological polar surface area (TPSA) is 48.7 Å². The zero-order valence-electron chi connectivity index (χ0n) is 14.8. The summed E-state index contributed by atoms with van der Waals surface area (Å²) in [6, 6.07) is 13.2. The fraction of sp³-hybridized carbons (Fsp3) is 0.286. The minimum absolute atomic E-state index is 0.314. The fourth-order valence-corrected chi connectivity index (χ4v) is 2.92. The molecule has 0 aliphatic heterocycles. The van der Waals surface area contributed by atoms with Crippen LogP contribution in [0.3, 0.4) is 0 Å². The molecule has 0 radical (unpaired) electrons. The zero-order chi connectivity index (χ0) is 17.8. The van der Waals surface area contributed by atoms with Crippen molar-refractivity contribution in [3.05, 3.63) is 69.6 Å². The molecule has 4 heteroatoms. The van der Waals surface area contributed by atoms with E-state index in [1.54, 1.807) is 13.2 Å². The molecule has 0 unspecified atom stereocenters. The molecular weight excluding hydrogens is 316 g/mol. The number of aryl methyl sites for hydroxylation is 2. The van der Waals surface area contributed by atoms with E-state index in [-0.39, 0.29) is 5.63 Å². The summed E-state index contributed by atoms with van der Waals surface area (Å²) < 4.78 is 16.6. The lowest BCUT2D eigenvalue weighted by atomic mass is 10.0.